The van der Waals surface area contributed by atoms with Gasteiger partial charge in [0.1, 0.15) is 5.82 Å². The first-order chi connectivity index (χ1) is 16.9. The van der Waals surface area contributed by atoms with E-state index in [1.807, 2.05) is 56.6 Å². The molecule has 8 nitrogen and oxygen atoms in total. The summed E-state index contributed by atoms with van der Waals surface area (Å²) in [6.45, 7) is 2.29. The van der Waals surface area contributed by atoms with E-state index in [-0.39, 0.29) is 40.8 Å². The monoisotopic (exact) mass is 491 g/mol. The smallest absolute Gasteiger partial charge is 0.545 e. The van der Waals surface area contributed by atoms with Crippen LogP contribution in [-0.4, -0.2) is 50.2 Å². The number of para-hydroxylation sites is 4. The molecule has 0 fully saturated rings. The predicted molar refractivity (Wildman–Crippen MR) is 133 cm³/mol. The Morgan fingerprint density at radius 3 is 2.03 bits per heavy atom. The zero-order valence-corrected chi connectivity index (χ0v) is 22.7. The van der Waals surface area contributed by atoms with Gasteiger partial charge in [-0.3, -0.25) is 9.13 Å². The van der Waals surface area contributed by atoms with Crippen LogP contribution in [0.3, 0.4) is 0 Å². The first kappa shape index (κ1) is 25.9. The number of aromatic nitrogens is 4. The number of likely N-dealkylation sites (N-methyl/N-ethyl adjacent to an activating group) is 1. The molecule has 0 bridgehead atoms. The Kier molecular flexibility index (Phi) is 7.80. The zero-order chi connectivity index (χ0) is 24.5. The number of carboxylic acids is 1. The molecule has 0 saturated heterocycles. The SMILES string of the molecule is CN(C)CCn1c(Cn2c(=O)n(Cc3ccc(C(=O)[O-])cc3)c3ccccc32)nc2ccccc21.[Na+]. The first-order valence-electron chi connectivity index (χ1n) is 11.5. The molecule has 0 amide bonds. The number of rotatable bonds is 8. The summed E-state index contributed by atoms with van der Waals surface area (Å²) in [4.78, 5) is 31.7. The van der Waals surface area contributed by atoms with Crippen LogP contribution >= 0.6 is 0 Å². The van der Waals surface area contributed by atoms with E-state index in [9.17, 15) is 14.7 Å². The van der Waals surface area contributed by atoms with Gasteiger partial charge < -0.3 is 19.4 Å². The average molecular weight is 492 g/mol. The standard InChI is InChI=1S/C27H27N5O3.Na/c1-29(2)15-16-30-22-8-4-3-7-21(22)28-25(30)18-32-24-10-6-5-9-23(24)31(27(32)35)17-19-11-13-20(14-12-19)26(33)34;/h3-14H,15-18H2,1-2H3,(H,33,34);/q;+1/p-1. The molecule has 0 aliphatic carbocycles. The summed E-state index contributed by atoms with van der Waals surface area (Å²) >= 11 is 0. The summed E-state index contributed by atoms with van der Waals surface area (Å²) in [6, 6.07) is 22.2. The quantitative estimate of drug-likeness (QED) is 0.265. The van der Waals surface area contributed by atoms with Crippen LogP contribution in [0.2, 0.25) is 0 Å². The zero-order valence-electron chi connectivity index (χ0n) is 20.7. The average Bonchev–Trinajstić information content (AvgIpc) is 3.33. The Morgan fingerprint density at radius 1 is 0.833 bits per heavy atom. The van der Waals surface area contributed by atoms with Gasteiger partial charge >= 0.3 is 35.2 Å². The van der Waals surface area contributed by atoms with Crippen LogP contribution in [0.15, 0.2) is 77.6 Å². The minimum absolute atomic E-state index is 0. The number of carboxylic acid groups (broad SMARTS) is 1. The molecule has 9 heteroatoms. The molecule has 0 atom stereocenters. The molecule has 5 rings (SSSR count). The van der Waals surface area contributed by atoms with E-state index in [4.69, 9.17) is 4.98 Å². The van der Waals surface area contributed by atoms with Crippen LogP contribution in [0.4, 0.5) is 0 Å². The van der Waals surface area contributed by atoms with E-state index in [0.29, 0.717) is 13.1 Å². The maximum absolute atomic E-state index is 13.6. The normalized spacial score (nSPS) is 11.3. The third kappa shape index (κ3) is 5.03. The van der Waals surface area contributed by atoms with Crippen molar-refractivity contribution < 1.29 is 39.5 Å². The summed E-state index contributed by atoms with van der Waals surface area (Å²) in [7, 11) is 4.08. The molecule has 0 unspecified atom stereocenters. The molecule has 0 aliphatic rings. The number of fused-ring (bicyclic) bond motifs is 2. The van der Waals surface area contributed by atoms with E-state index in [0.717, 1.165) is 46.5 Å². The molecular formula is C27H26N5NaO3. The van der Waals surface area contributed by atoms with Crippen molar-refractivity contribution in [2.45, 2.75) is 19.6 Å². The topological polar surface area (TPSA) is 88.1 Å². The maximum Gasteiger partial charge on any atom is 1.00 e. The Balaban J connectivity index is 0.00000304. The van der Waals surface area contributed by atoms with Crippen molar-refractivity contribution in [3.63, 3.8) is 0 Å². The molecule has 0 saturated carbocycles. The van der Waals surface area contributed by atoms with Gasteiger partial charge in [-0.2, -0.15) is 0 Å². The number of carbonyl (C=O) groups is 1. The van der Waals surface area contributed by atoms with Gasteiger partial charge in [-0.25, -0.2) is 9.78 Å². The molecule has 0 spiro atoms. The molecule has 0 aliphatic heterocycles. The summed E-state index contributed by atoms with van der Waals surface area (Å²) in [6.07, 6.45) is 0. The molecule has 178 valence electrons. The Morgan fingerprint density at radius 2 is 1.42 bits per heavy atom. The molecule has 5 aromatic rings. The summed E-state index contributed by atoms with van der Waals surface area (Å²) in [5.74, 6) is -0.390. The van der Waals surface area contributed by atoms with Crippen molar-refractivity contribution in [2.75, 3.05) is 20.6 Å². The summed E-state index contributed by atoms with van der Waals surface area (Å²) in [5, 5.41) is 11.1. The van der Waals surface area contributed by atoms with Gasteiger partial charge in [0.05, 0.1) is 41.1 Å². The molecular weight excluding hydrogens is 465 g/mol. The third-order valence-electron chi connectivity index (χ3n) is 6.26. The first-order valence-corrected chi connectivity index (χ1v) is 11.5. The van der Waals surface area contributed by atoms with Crippen LogP contribution in [-0.2, 0) is 19.6 Å². The van der Waals surface area contributed by atoms with Crippen LogP contribution in [0.5, 0.6) is 0 Å². The molecule has 0 radical (unpaired) electrons. The molecule has 3 aromatic carbocycles. The van der Waals surface area contributed by atoms with Crippen molar-refractivity contribution in [1.82, 2.24) is 23.6 Å². The number of carbonyl (C=O) groups excluding carboxylic acids is 1. The van der Waals surface area contributed by atoms with Crippen LogP contribution in [0.25, 0.3) is 22.1 Å². The number of hydrogen-bond donors (Lipinski definition) is 0. The summed E-state index contributed by atoms with van der Waals surface area (Å²) < 4.78 is 5.67. The van der Waals surface area contributed by atoms with Crippen LogP contribution < -0.4 is 40.4 Å². The summed E-state index contributed by atoms with van der Waals surface area (Å²) in [5.41, 5.74) is 4.41. The molecule has 2 heterocycles. The number of benzene rings is 3. The Bertz CT molecular complexity index is 1580. The van der Waals surface area contributed by atoms with E-state index in [1.165, 1.54) is 12.1 Å². The van der Waals surface area contributed by atoms with Crippen molar-refractivity contribution in [3.8, 4) is 0 Å². The largest absolute Gasteiger partial charge is 1.00 e. The van der Waals surface area contributed by atoms with Gasteiger partial charge in [-0.05, 0) is 49.5 Å². The van der Waals surface area contributed by atoms with E-state index >= 15 is 0 Å². The van der Waals surface area contributed by atoms with Crippen molar-refractivity contribution in [1.29, 1.82) is 0 Å². The van der Waals surface area contributed by atoms with Crippen LogP contribution in [0, 0.1) is 0 Å². The predicted octanol–water partition coefficient (Wildman–Crippen LogP) is -0.822. The van der Waals surface area contributed by atoms with Gasteiger partial charge in [0.25, 0.3) is 0 Å². The van der Waals surface area contributed by atoms with Gasteiger partial charge in [0.2, 0.25) is 0 Å². The van der Waals surface area contributed by atoms with Crippen molar-refractivity contribution in [2.24, 2.45) is 0 Å². The number of imidazole rings is 2. The Labute approximate surface area is 230 Å². The number of hydrogen-bond acceptors (Lipinski definition) is 5. The van der Waals surface area contributed by atoms with E-state index in [2.05, 4.69) is 15.5 Å². The second-order valence-corrected chi connectivity index (χ2v) is 8.90. The minimum Gasteiger partial charge on any atom is -0.545 e. The second-order valence-electron chi connectivity index (χ2n) is 8.90. The molecule has 0 N–H and O–H groups in total. The van der Waals surface area contributed by atoms with Crippen LogP contribution in [0.1, 0.15) is 21.7 Å². The maximum atomic E-state index is 13.6. The van der Waals surface area contributed by atoms with Crippen molar-refractivity contribution in [3.05, 3.63) is 100 Å². The third-order valence-corrected chi connectivity index (χ3v) is 6.26. The van der Waals surface area contributed by atoms with Gasteiger partial charge in [-0.15, -0.1) is 0 Å². The number of aromatic carboxylic acids is 1. The fourth-order valence-corrected chi connectivity index (χ4v) is 4.44. The fraction of sp³-hybridized carbons (Fsp3) is 0.222. The second kappa shape index (κ2) is 10.8. The Hall–Kier alpha value is -3.17. The van der Waals surface area contributed by atoms with Gasteiger partial charge in [0.15, 0.2) is 0 Å². The fourth-order valence-electron chi connectivity index (χ4n) is 4.44. The van der Waals surface area contributed by atoms with Gasteiger partial charge in [0, 0.05) is 13.1 Å². The minimum atomic E-state index is -1.22. The van der Waals surface area contributed by atoms with Crippen molar-refractivity contribution >= 4 is 28.0 Å². The molecule has 2 aromatic heterocycles. The van der Waals surface area contributed by atoms with Gasteiger partial charge in [-0.1, -0.05) is 48.5 Å². The molecule has 36 heavy (non-hydrogen) atoms. The number of nitrogens with zero attached hydrogens (tertiary/aromatic N) is 5. The van der Waals surface area contributed by atoms with E-state index in [1.54, 1.807) is 21.3 Å². The van der Waals surface area contributed by atoms with E-state index < -0.39 is 5.97 Å².